The van der Waals surface area contributed by atoms with E-state index in [-0.39, 0.29) is 0 Å². The Hall–Kier alpha value is -2.89. The monoisotopic (exact) mass is 382 g/mol. The molecule has 0 aromatic heterocycles. The Morgan fingerprint density at radius 1 is 1.14 bits per heavy atom. The summed E-state index contributed by atoms with van der Waals surface area (Å²) in [7, 11) is 3.34. The zero-order valence-corrected chi connectivity index (χ0v) is 16.9. The summed E-state index contributed by atoms with van der Waals surface area (Å²) in [6.45, 7) is 4.79. The van der Waals surface area contributed by atoms with Crippen molar-refractivity contribution in [3.8, 4) is 11.5 Å². The van der Waals surface area contributed by atoms with Crippen LogP contribution in [0.5, 0.6) is 11.5 Å². The lowest BCUT2D eigenvalue weighted by atomic mass is 10.1. The van der Waals surface area contributed by atoms with Crippen molar-refractivity contribution >= 4 is 17.3 Å². The van der Waals surface area contributed by atoms with Crippen molar-refractivity contribution in [2.45, 2.75) is 19.8 Å². The molecule has 1 unspecified atom stereocenters. The van der Waals surface area contributed by atoms with E-state index in [0.29, 0.717) is 18.4 Å². The normalized spacial score (nSPS) is 16.9. The number of nitrogens with one attached hydrogen (secondary N) is 1. The molecule has 0 amide bonds. The Kier molecular flexibility index (Phi) is 6.63. The Morgan fingerprint density at radius 2 is 1.82 bits per heavy atom. The predicted octanol–water partition coefficient (Wildman–Crippen LogP) is 3.52. The minimum Gasteiger partial charge on any atom is -0.497 e. The lowest BCUT2D eigenvalue weighted by molar-refractivity contribution is 0.394. The van der Waals surface area contributed by atoms with Gasteiger partial charge in [0, 0.05) is 49.2 Å². The summed E-state index contributed by atoms with van der Waals surface area (Å²) in [5.74, 6) is 2.54. The van der Waals surface area contributed by atoms with Crippen molar-refractivity contribution in [2.24, 2.45) is 16.6 Å². The fraction of sp³-hybridized carbons (Fsp3) is 0.409. The number of rotatable bonds is 7. The van der Waals surface area contributed by atoms with Gasteiger partial charge in [-0.25, -0.2) is 0 Å². The van der Waals surface area contributed by atoms with Crippen molar-refractivity contribution in [1.29, 1.82) is 0 Å². The van der Waals surface area contributed by atoms with E-state index in [1.807, 2.05) is 30.3 Å². The molecule has 3 N–H and O–H groups in total. The summed E-state index contributed by atoms with van der Waals surface area (Å²) in [6.07, 6.45) is 2.11. The number of anilines is 2. The molecule has 1 saturated heterocycles. The van der Waals surface area contributed by atoms with Crippen LogP contribution in [0.3, 0.4) is 0 Å². The molecule has 28 heavy (non-hydrogen) atoms. The van der Waals surface area contributed by atoms with Crippen LogP contribution >= 0.6 is 0 Å². The summed E-state index contributed by atoms with van der Waals surface area (Å²) in [6, 6.07) is 14.3. The molecule has 0 saturated carbocycles. The Morgan fingerprint density at radius 3 is 2.43 bits per heavy atom. The average Bonchev–Trinajstić information content (AvgIpc) is 3.21. The van der Waals surface area contributed by atoms with E-state index in [1.165, 1.54) is 5.56 Å². The van der Waals surface area contributed by atoms with Gasteiger partial charge in [0.05, 0.1) is 14.2 Å². The minimum absolute atomic E-state index is 0.464. The first-order valence-electron chi connectivity index (χ1n) is 9.75. The van der Waals surface area contributed by atoms with E-state index in [4.69, 9.17) is 15.2 Å². The van der Waals surface area contributed by atoms with Crippen LogP contribution in [0.2, 0.25) is 0 Å². The largest absolute Gasteiger partial charge is 0.497 e. The van der Waals surface area contributed by atoms with E-state index >= 15 is 0 Å². The topological polar surface area (TPSA) is 72.1 Å². The first-order valence-corrected chi connectivity index (χ1v) is 9.75. The highest BCUT2D eigenvalue weighted by atomic mass is 16.5. The Bertz CT molecular complexity index is 782. The van der Waals surface area contributed by atoms with Crippen LogP contribution in [0.4, 0.5) is 11.4 Å². The highest BCUT2D eigenvalue weighted by Crippen LogP contribution is 2.31. The van der Waals surface area contributed by atoms with Crippen molar-refractivity contribution < 1.29 is 9.47 Å². The molecule has 2 aromatic carbocycles. The second kappa shape index (κ2) is 9.35. The van der Waals surface area contributed by atoms with Gasteiger partial charge in [-0.3, -0.25) is 4.99 Å². The maximum Gasteiger partial charge on any atom is 0.193 e. The van der Waals surface area contributed by atoms with Gasteiger partial charge in [-0.15, -0.1) is 0 Å². The zero-order chi connectivity index (χ0) is 19.9. The maximum absolute atomic E-state index is 6.07. The predicted molar refractivity (Wildman–Crippen MR) is 116 cm³/mol. The number of hydrogen-bond donors (Lipinski definition) is 2. The molecule has 1 aliphatic heterocycles. The zero-order valence-electron chi connectivity index (χ0n) is 16.9. The van der Waals surface area contributed by atoms with E-state index in [9.17, 15) is 0 Å². The van der Waals surface area contributed by atoms with Crippen molar-refractivity contribution in [1.82, 2.24) is 0 Å². The summed E-state index contributed by atoms with van der Waals surface area (Å²) >= 11 is 0. The molecule has 3 rings (SSSR count). The molecule has 1 atom stereocenters. The summed E-state index contributed by atoms with van der Waals surface area (Å²) in [5, 5.41) is 3.17. The number of methoxy groups -OCH3 is 2. The van der Waals surface area contributed by atoms with Gasteiger partial charge in [-0.05, 0) is 36.5 Å². The van der Waals surface area contributed by atoms with E-state index in [2.05, 4.69) is 34.3 Å². The molecule has 6 nitrogen and oxygen atoms in total. The average molecular weight is 383 g/mol. The van der Waals surface area contributed by atoms with E-state index in [1.54, 1.807) is 14.2 Å². The lowest BCUT2D eigenvalue weighted by Crippen LogP contribution is -2.25. The molecule has 2 aromatic rings. The van der Waals surface area contributed by atoms with Gasteiger partial charge in [-0.1, -0.05) is 19.1 Å². The number of hydrogen-bond acceptors (Lipinski definition) is 4. The molecule has 0 aliphatic carbocycles. The Labute approximate surface area is 167 Å². The molecule has 1 heterocycles. The molecule has 1 fully saturated rings. The first kappa shape index (κ1) is 19.9. The summed E-state index contributed by atoms with van der Waals surface area (Å²) in [5.41, 5.74) is 9.46. The van der Waals surface area contributed by atoms with Crippen molar-refractivity contribution in [3.63, 3.8) is 0 Å². The van der Waals surface area contributed by atoms with Crippen molar-refractivity contribution in [2.75, 3.05) is 44.1 Å². The number of guanidine groups is 1. The summed E-state index contributed by atoms with van der Waals surface area (Å²) < 4.78 is 10.8. The summed E-state index contributed by atoms with van der Waals surface area (Å²) in [4.78, 5) is 6.89. The van der Waals surface area contributed by atoms with Crippen LogP contribution < -0.4 is 25.4 Å². The third-order valence-electron chi connectivity index (χ3n) is 5.14. The highest BCUT2D eigenvalue weighted by molar-refractivity contribution is 5.92. The molecular weight excluding hydrogens is 352 g/mol. The number of nitrogens with zero attached hydrogens (tertiary/aromatic N) is 2. The molecular formula is C22H30N4O2. The van der Waals surface area contributed by atoms with Gasteiger partial charge in [0.25, 0.3) is 0 Å². The fourth-order valence-electron chi connectivity index (χ4n) is 3.43. The fourth-order valence-corrected chi connectivity index (χ4v) is 3.43. The van der Waals surface area contributed by atoms with Crippen LogP contribution in [0.1, 0.15) is 18.9 Å². The maximum atomic E-state index is 6.07. The Balaban J connectivity index is 1.56. The third kappa shape index (κ3) is 5.09. The molecule has 1 aliphatic rings. The quantitative estimate of drug-likeness (QED) is 0.566. The van der Waals surface area contributed by atoms with Crippen LogP contribution in [-0.2, 0) is 6.42 Å². The number of aliphatic imine (C=N–C) groups is 1. The first-order chi connectivity index (χ1) is 13.6. The highest BCUT2D eigenvalue weighted by Gasteiger charge is 2.23. The lowest BCUT2D eigenvalue weighted by Gasteiger charge is -2.20. The van der Waals surface area contributed by atoms with Gasteiger partial charge in [0.2, 0.25) is 0 Å². The second-order valence-corrected chi connectivity index (χ2v) is 7.07. The SMILES string of the molecule is CCc1ccc(NC(N)=NCC2CCN(c3cc(OC)cc(OC)c3)C2)cc1. The molecule has 150 valence electrons. The minimum atomic E-state index is 0.464. The van der Waals surface area contributed by atoms with Gasteiger partial charge in [0.1, 0.15) is 11.5 Å². The second-order valence-electron chi connectivity index (χ2n) is 7.07. The van der Waals surface area contributed by atoms with Crippen LogP contribution in [0, 0.1) is 5.92 Å². The molecule has 0 radical (unpaired) electrons. The van der Waals surface area contributed by atoms with Gasteiger partial charge in [0.15, 0.2) is 5.96 Å². The van der Waals surface area contributed by atoms with Crippen LogP contribution in [0.25, 0.3) is 0 Å². The van der Waals surface area contributed by atoms with Crippen LogP contribution in [-0.4, -0.2) is 39.8 Å². The van der Waals surface area contributed by atoms with E-state index < -0.39 is 0 Å². The standard InChI is InChI=1S/C22H30N4O2/c1-4-16-5-7-18(8-6-16)25-22(23)24-14-17-9-10-26(15-17)19-11-20(27-2)13-21(12-19)28-3/h5-8,11-13,17H,4,9-10,14-15H2,1-3H3,(H3,23,24,25). The third-order valence-corrected chi connectivity index (χ3v) is 5.14. The number of aryl methyl sites for hydroxylation is 1. The number of benzene rings is 2. The van der Waals surface area contributed by atoms with Gasteiger partial charge >= 0.3 is 0 Å². The van der Waals surface area contributed by atoms with Gasteiger partial charge in [-0.2, -0.15) is 0 Å². The molecule has 6 heteroatoms. The van der Waals surface area contributed by atoms with Gasteiger partial charge < -0.3 is 25.4 Å². The van der Waals surface area contributed by atoms with E-state index in [0.717, 1.165) is 48.8 Å². The number of ether oxygens (including phenoxy) is 2. The smallest absolute Gasteiger partial charge is 0.193 e. The van der Waals surface area contributed by atoms with Crippen molar-refractivity contribution in [3.05, 3.63) is 48.0 Å². The van der Waals surface area contributed by atoms with Crippen LogP contribution in [0.15, 0.2) is 47.5 Å². The molecule has 0 bridgehead atoms. The number of nitrogens with two attached hydrogens (primary N) is 1. The molecule has 0 spiro atoms.